The van der Waals surface area contributed by atoms with Crippen LogP contribution in [-0.4, -0.2) is 19.5 Å². The molecule has 88 valence electrons. The van der Waals surface area contributed by atoms with E-state index in [1.165, 1.54) is 0 Å². The molecule has 1 rings (SSSR count). The monoisotopic (exact) mass is 240 g/mol. The highest BCUT2D eigenvalue weighted by molar-refractivity contribution is 6.30. The Hall–Kier alpha value is -1.06. The summed E-state index contributed by atoms with van der Waals surface area (Å²) in [5.41, 5.74) is 6.28. The molecule has 1 aromatic rings. The van der Waals surface area contributed by atoms with Crippen LogP contribution in [-0.2, 0) is 4.79 Å². The molecule has 4 heteroatoms. The van der Waals surface area contributed by atoms with Crippen molar-refractivity contribution in [3.63, 3.8) is 0 Å². The van der Waals surface area contributed by atoms with E-state index < -0.39 is 0 Å². The molecule has 0 aliphatic rings. The number of nitrogens with two attached hydrogens (primary N) is 1. The van der Waals surface area contributed by atoms with E-state index in [0.717, 1.165) is 5.69 Å². The van der Waals surface area contributed by atoms with Crippen molar-refractivity contribution in [2.45, 2.75) is 13.3 Å². The number of rotatable bonds is 4. The molecule has 0 aliphatic heterocycles. The summed E-state index contributed by atoms with van der Waals surface area (Å²) in [6, 6.07) is 7.20. The predicted molar refractivity (Wildman–Crippen MR) is 67.7 cm³/mol. The summed E-state index contributed by atoms with van der Waals surface area (Å²) in [6.45, 7) is 2.42. The van der Waals surface area contributed by atoms with Crippen LogP contribution in [0.5, 0.6) is 0 Å². The minimum atomic E-state index is -0.0503. The summed E-state index contributed by atoms with van der Waals surface area (Å²) in [7, 11) is 1.76. The van der Waals surface area contributed by atoms with E-state index in [9.17, 15) is 4.79 Å². The lowest BCUT2D eigenvalue weighted by Crippen LogP contribution is -2.32. The fourth-order valence-electron chi connectivity index (χ4n) is 1.50. The quantitative estimate of drug-likeness (QED) is 0.878. The van der Waals surface area contributed by atoms with Crippen LogP contribution in [0.3, 0.4) is 0 Å². The van der Waals surface area contributed by atoms with E-state index in [1.807, 2.05) is 19.1 Å². The van der Waals surface area contributed by atoms with Gasteiger partial charge in [-0.1, -0.05) is 18.5 Å². The number of nitrogens with zero attached hydrogens (tertiary/aromatic N) is 1. The van der Waals surface area contributed by atoms with Crippen LogP contribution in [0.4, 0.5) is 5.69 Å². The SMILES string of the molecule is CC(CCN)C(=O)N(C)c1ccc(Cl)cc1. The molecule has 16 heavy (non-hydrogen) atoms. The van der Waals surface area contributed by atoms with Gasteiger partial charge >= 0.3 is 0 Å². The van der Waals surface area contributed by atoms with Gasteiger partial charge in [-0.15, -0.1) is 0 Å². The van der Waals surface area contributed by atoms with Crippen molar-refractivity contribution >= 4 is 23.2 Å². The van der Waals surface area contributed by atoms with E-state index >= 15 is 0 Å². The summed E-state index contributed by atoms with van der Waals surface area (Å²) < 4.78 is 0. The fourth-order valence-corrected chi connectivity index (χ4v) is 1.62. The molecular formula is C12H17ClN2O. The first-order valence-electron chi connectivity index (χ1n) is 5.29. The Kier molecular flexibility index (Phi) is 4.77. The molecule has 0 heterocycles. The number of benzene rings is 1. The first-order valence-corrected chi connectivity index (χ1v) is 5.67. The molecule has 1 aromatic carbocycles. The highest BCUT2D eigenvalue weighted by atomic mass is 35.5. The molecule has 0 radical (unpaired) electrons. The van der Waals surface area contributed by atoms with Crippen LogP contribution < -0.4 is 10.6 Å². The Morgan fingerprint density at radius 3 is 2.50 bits per heavy atom. The number of amides is 1. The highest BCUT2D eigenvalue weighted by Gasteiger charge is 2.17. The third-order valence-electron chi connectivity index (χ3n) is 2.57. The van der Waals surface area contributed by atoms with Gasteiger partial charge in [-0.05, 0) is 37.2 Å². The van der Waals surface area contributed by atoms with Crippen molar-refractivity contribution in [1.29, 1.82) is 0 Å². The van der Waals surface area contributed by atoms with E-state index in [4.69, 9.17) is 17.3 Å². The van der Waals surface area contributed by atoms with Gasteiger partial charge in [-0.25, -0.2) is 0 Å². The number of hydrogen-bond acceptors (Lipinski definition) is 2. The van der Waals surface area contributed by atoms with E-state index in [-0.39, 0.29) is 11.8 Å². The minimum absolute atomic E-state index is 0.0503. The first-order chi connectivity index (χ1) is 7.56. The third kappa shape index (κ3) is 3.22. The Bertz CT molecular complexity index is 351. The molecule has 1 amide bonds. The zero-order valence-electron chi connectivity index (χ0n) is 9.61. The maximum absolute atomic E-state index is 12.0. The maximum Gasteiger partial charge on any atom is 0.229 e. The summed E-state index contributed by atoms with van der Waals surface area (Å²) in [4.78, 5) is 13.6. The van der Waals surface area contributed by atoms with Gasteiger partial charge in [0.25, 0.3) is 0 Å². The molecule has 0 saturated carbocycles. The van der Waals surface area contributed by atoms with Gasteiger partial charge in [0.15, 0.2) is 0 Å². The molecule has 0 aliphatic carbocycles. The van der Waals surface area contributed by atoms with Crippen molar-refractivity contribution in [3.05, 3.63) is 29.3 Å². The Morgan fingerprint density at radius 2 is 2.00 bits per heavy atom. The van der Waals surface area contributed by atoms with Crippen LogP contribution in [0.25, 0.3) is 0 Å². The van der Waals surface area contributed by atoms with Gasteiger partial charge in [0.05, 0.1) is 0 Å². The fraction of sp³-hybridized carbons (Fsp3) is 0.417. The van der Waals surface area contributed by atoms with Gasteiger partial charge in [-0.3, -0.25) is 4.79 Å². The molecule has 0 saturated heterocycles. The molecule has 2 N–H and O–H groups in total. The van der Waals surface area contributed by atoms with E-state index in [1.54, 1.807) is 24.1 Å². The summed E-state index contributed by atoms with van der Waals surface area (Å²) >= 11 is 5.79. The van der Waals surface area contributed by atoms with Crippen LogP contribution in [0.15, 0.2) is 24.3 Å². The van der Waals surface area contributed by atoms with Gasteiger partial charge < -0.3 is 10.6 Å². The van der Waals surface area contributed by atoms with Crippen LogP contribution in [0.1, 0.15) is 13.3 Å². The van der Waals surface area contributed by atoms with Crippen LogP contribution >= 0.6 is 11.6 Å². The Morgan fingerprint density at radius 1 is 1.44 bits per heavy atom. The first kappa shape index (κ1) is 13.0. The van der Waals surface area contributed by atoms with Crippen molar-refractivity contribution in [1.82, 2.24) is 0 Å². The lowest BCUT2D eigenvalue weighted by molar-refractivity contribution is -0.121. The lowest BCUT2D eigenvalue weighted by atomic mass is 10.1. The molecule has 0 aromatic heterocycles. The molecule has 0 bridgehead atoms. The minimum Gasteiger partial charge on any atom is -0.330 e. The molecule has 1 atom stereocenters. The van der Waals surface area contributed by atoms with E-state index in [2.05, 4.69) is 0 Å². The van der Waals surface area contributed by atoms with Gasteiger partial charge in [0.1, 0.15) is 0 Å². The Balaban J connectivity index is 2.73. The normalized spacial score (nSPS) is 12.2. The smallest absolute Gasteiger partial charge is 0.229 e. The van der Waals surface area contributed by atoms with Crippen LogP contribution in [0, 0.1) is 5.92 Å². The van der Waals surface area contributed by atoms with Crippen molar-refractivity contribution in [2.75, 3.05) is 18.5 Å². The Labute approximate surface area is 101 Å². The lowest BCUT2D eigenvalue weighted by Gasteiger charge is -2.21. The predicted octanol–water partition coefficient (Wildman–Crippen LogP) is 2.29. The maximum atomic E-state index is 12.0. The standard InChI is InChI=1S/C12H17ClN2O/c1-9(7-8-14)12(16)15(2)11-5-3-10(13)4-6-11/h3-6,9H,7-8,14H2,1-2H3. The summed E-state index contributed by atoms with van der Waals surface area (Å²) in [5.74, 6) is 0.0263. The third-order valence-corrected chi connectivity index (χ3v) is 2.82. The number of carbonyl (C=O) groups excluding carboxylic acids is 1. The second-order valence-electron chi connectivity index (χ2n) is 3.85. The van der Waals surface area contributed by atoms with Crippen molar-refractivity contribution in [3.8, 4) is 0 Å². The topological polar surface area (TPSA) is 46.3 Å². The average Bonchev–Trinajstić information content (AvgIpc) is 2.28. The average molecular weight is 241 g/mol. The second-order valence-corrected chi connectivity index (χ2v) is 4.29. The zero-order chi connectivity index (χ0) is 12.1. The van der Waals surface area contributed by atoms with Gasteiger partial charge in [0, 0.05) is 23.7 Å². The molecule has 0 spiro atoms. The molecule has 0 fully saturated rings. The zero-order valence-corrected chi connectivity index (χ0v) is 10.4. The van der Waals surface area contributed by atoms with Gasteiger partial charge in [0.2, 0.25) is 5.91 Å². The highest BCUT2D eigenvalue weighted by Crippen LogP contribution is 2.19. The largest absolute Gasteiger partial charge is 0.330 e. The number of halogens is 1. The number of hydrogen-bond donors (Lipinski definition) is 1. The number of anilines is 1. The van der Waals surface area contributed by atoms with Crippen molar-refractivity contribution in [2.24, 2.45) is 11.7 Å². The second kappa shape index (κ2) is 5.87. The summed E-state index contributed by atoms with van der Waals surface area (Å²) in [5, 5.41) is 0.666. The van der Waals surface area contributed by atoms with Gasteiger partial charge in [-0.2, -0.15) is 0 Å². The molecule has 3 nitrogen and oxygen atoms in total. The van der Waals surface area contributed by atoms with Crippen molar-refractivity contribution < 1.29 is 4.79 Å². The number of carbonyl (C=O) groups is 1. The van der Waals surface area contributed by atoms with Crippen LogP contribution in [0.2, 0.25) is 5.02 Å². The summed E-state index contributed by atoms with van der Waals surface area (Å²) in [6.07, 6.45) is 0.705. The van der Waals surface area contributed by atoms with E-state index in [0.29, 0.717) is 18.0 Å². The molecular weight excluding hydrogens is 224 g/mol. The molecule has 1 unspecified atom stereocenters.